The van der Waals surface area contributed by atoms with Crippen LogP contribution in [0.25, 0.3) is 0 Å². The molecular weight excluding hydrogens is 300 g/mol. The van der Waals surface area contributed by atoms with Gasteiger partial charge in [0.25, 0.3) is 0 Å². The third-order valence-electron chi connectivity index (χ3n) is 3.95. The van der Waals surface area contributed by atoms with Crippen LogP contribution in [0.15, 0.2) is 6.07 Å². The molecular formula is C16H28N2O3S. The number of hydrogen-bond donors (Lipinski definition) is 1. The number of rotatable bonds is 3. The molecule has 126 valence electrons. The van der Waals surface area contributed by atoms with E-state index in [0.29, 0.717) is 10.6 Å². The zero-order valence-corrected chi connectivity index (χ0v) is 15.1. The summed E-state index contributed by atoms with van der Waals surface area (Å²) in [6, 6.07) is 1.84. The van der Waals surface area contributed by atoms with Crippen molar-refractivity contribution in [3.8, 4) is 0 Å². The second-order valence-electron chi connectivity index (χ2n) is 6.03. The van der Waals surface area contributed by atoms with Gasteiger partial charge in [0.2, 0.25) is 0 Å². The fourth-order valence-corrected chi connectivity index (χ4v) is 2.92. The Morgan fingerprint density at radius 3 is 2.45 bits per heavy atom. The van der Waals surface area contributed by atoms with Crippen molar-refractivity contribution in [2.75, 3.05) is 46.2 Å². The van der Waals surface area contributed by atoms with E-state index in [2.05, 4.69) is 37.5 Å². The first-order valence-electron chi connectivity index (χ1n) is 7.56. The molecule has 1 saturated heterocycles. The van der Waals surface area contributed by atoms with E-state index in [4.69, 9.17) is 10.5 Å². The van der Waals surface area contributed by atoms with Gasteiger partial charge in [0.15, 0.2) is 0 Å². The van der Waals surface area contributed by atoms with Crippen LogP contribution in [0.2, 0.25) is 0 Å². The number of thiophene rings is 1. The lowest BCUT2D eigenvalue weighted by atomic mass is 9.88. The van der Waals surface area contributed by atoms with Crippen LogP contribution < -0.4 is 5.73 Å². The molecule has 0 atom stereocenters. The highest BCUT2D eigenvalue weighted by Crippen LogP contribution is 2.36. The van der Waals surface area contributed by atoms with Crippen LogP contribution in [-0.2, 0) is 14.9 Å². The molecule has 2 heterocycles. The lowest BCUT2D eigenvalue weighted by Crippen LogP contribution is -2.32. The van der Waals surface area contributed by atoms with E-state index in [1.165, 1.54) is 18.4 Å². The Bertz CT molecular complexity index is 480. The van der Waals surface area contributed by atoms with Gasteiger partial charge in [-0.25, -0.2) is 4.79 Å². The molecule has 0 radical (unpaired) electrons. The molecule has 0 bridgehead atoms. The summed E-state index contributed by atoms with van der Waals surface area (Å²) in [7, 11) is 3.48. The number of ether oxygens (including phenoxy) is 2. The van der Waals surface area contributed by atoms with E-state index in [1.54, 1.807) is 0 Å². The number of nitrogen functional groups attached to an aromatic ring is 1. The number of likely N-dealkylation sites (N-methyl/N-ethyl adjacent to an activating group) is 1. The number of nitrogens with zero attached hydrogens (tertiary/aromatic N) is 1. The van der Waals surface area contributed by atoms with Crippen molar-refractivity contribution < 1.29 is 14.3 Å². The smallest absolute Gasteiger partial charge is 0.340 e. The monoisotopic (exact) mass is 328 g/mol. The fourth-order valence-electron chi connectivity index (χ4n) is 1.84. The Balaban J connectivity index is 0.000000287. The van der Waals surface area contributed by atoms with Gasteiger partial charge in [-0.15, -0.1) is 11.3 Å². The summed E-state index contributed by atoms with van der Waals surface area (Å²) in [4.78, 5) is 14.8. The number of carbonyl (C=O) groups is 1. The standard InChI is InChI=1S/C11H17NO2S.C5H11NO/c1-5-11(2,3)8-6-7(9(12)15-8)10(13)14-4;1-6-2-4-7-5-3-6/h6H,5,12H2,1-4H3;2-5H2,1H3. The molecule has 1 aliphatic rings. The second kappa shape index (κ2) is 8.50. The van der Waals surface area contributed by atoms with Gasteiger partial charge >= 0.3 is 5.97 Å². The Morgan fingerprint density at radius 1 is 1.45 bits per heavy atom. The number of hydrogen-bond acceptors (Lipinski definition) is 6. The highest BCUT2D eigenvalue weighted by atomic mass is 32.1. The summed E-state index contributed by atoms with van der Waals surface area (Å²) in [6.45, 7) is 10.4. The molecule has 0 saturated carbocycles. The SMILES string of the molecule is CCC(C)(C)c1cc(C(=O)OC)c(N)s1.CN1CCOCC1. The normalized spacial score (nSPS) is 15.9. The molecule has 1 aromatic rings. The molecule has 5 nitrogen and oxygen atoms in total. The highest BCUT2D eigenvalue weighted by Gasteiger charge is 2.24. The predicted octanol–water partition coefficient (Wildman–Crippen LogP) is 2.75. The maximum Gasteiger partial charge on any atom is 0.340 e. The minimum Gasteiger partial charge on any atom is -0.465 e. The van der Waals surface area contributed by atoms with Crippen LogP contribution in [0.1, 0.15) is 42.4 Å². The molecule has 2 rings (SSSR count). The maximum atomic E-state index is 11.4. The van der Waals surface area contributed by atoms with Gasteiger partial charge in [-0.3, -0.25) is 0 Å². The number of anilines is 1. The lowest BCUT2D eigenvalue weighted by molar-refractivity contribution is 0.0503. The van der Waals surface area contributed by atoms with Gasteiger partial charge in [0.05, 0.1) is 25.9 Å². The Morgan fingerprint density at radius 2 is 2.05 bits per heavy atom. The van der Waals surface area contributed by atoms with Gasteiger partial charge < -0.3 is 20.1 Å². The molecule has 1 aromatic heterocycles. The van der Waals surface area contributed by atoms with Crippen molar-refractivity contribution >= 4 is 22.3 Å². The fraction of sp³-hybridized carbons (Fsp3) is 0.688. The summed E-state index contributed by atoms with van der Waals surface area (Å²) >= 11 is 1.47. The zero-order valence-electron chi connectivity index (χ0n) is 14.3. The van der Waals surface area contributed by atoms with Gasteiger partial charge in [0.1, 0.15) is 5.00 Å². The number of esters is 1. The molecule has 0 aliphatic carbocycles. The lowest BCUT2D eigenvalue weighted by Gasteiger charge is -2.21. The molecule has 22 heavy (non-hydrogen) atoms. The molecule has 0 spiro atoms. The summed E-state index contributed by atoms with van der Waals surface area (Å²) in [5, 5.41) is 0.540. The Hall–Kier alpha value is -1.11. The summed E-state index contributed by atoms with van der Waals surface area (Å²) in [6.07, 6.45) is 1.01. The van der Waals surface area contributed by atoms with Crippen molar-refractivity contribution in [2.45, 2.75) is 32.6 Å². The van der Waals surface area contributed by atoms with Gasteiger partial charge in [-0.1, -0.05) is 20.8 Å². The van der Waals surface area contributed by atoms with Crippen LogP contribution in [0, 0.1) is 0 Å². The largest absolute Gasteiger partial charge is 0.465 e. The van der Waals surface area contributed by atoms with E-state index in [0.717, 1.165) is 37.6 Å². The number of methoxy groups -OCH3 is 1. The third kappa shape index (κ3) is 5.26. The molecule has 2 N–H and O–H groups in total. The average Bonchev–Trinajstić information content (AvgIpc) is 2.90. The van der Waals surface area contributed by atoms with E-state index in [-0.39, 0.29) is 11.4 Å². The van der Waals surface area contributed by atoms with Gasteiger partial charge in [-0.2, -0.15) is 0 Å². The van der Waals surface area contributed by atoms with E-state index < -0.39 is 0 Å². The predicted molar refractivity (Wildman–Crippen MR) is 91.7 cm³/mol. The molecule has 0 aromatic carbocycles. The molecule has 6 heteroatoms. The number of nitrogens with two attached hydrogens (primary N) is 1. The van der Waals surface area contributed by atoms with Crippen molar-refractivity contribution in [3.63, 3.8) is 0 Å². The van der Waals surface area contributed by atoms with E-state index in [9.17, 15) is 4.79 Å². The summed E-state index contributed by atoms with van der Waals surface area (Å²) in [5.74, 6) is -0.359. The first-order chi connectivity index (χ1) is 10.3. The van der Waals surface area contributed by atoms with Crippen molar-refractivity contribution in [2.24, 2.45) is 0 Å². The number of carbonyl (C=O) groups excluding carboxylic acids is 1. The summed E-state index contributed by atoms with van der Waals surface area (Å²) in [5.41, 5.74) is 6.33. The van der Waals surface area contributed by atoms with Crippen molar-refractivity contribution in [3.05, 3.63) is 16.5 Å². The van der Waals surface area contributed by atoms with Crippen LogP contribution >= 0.6 is 11.3 Å². The minimum atomic E-state index is -0.359. The molecule has 1 aliphatic heterocycles. The summed E-state index contributed by atoms with van der Waals surface area (Å²) < 4.78 is 9.76. The molecule has 1 fully saturated rings. The van der Waals surface area contributed by atoms with Crippen molar-refractivity contribution in [1.29, 1.82) is 0 Å². The average molecular weight is 328 g/mol. The molecule has 0 unspecified atom stereocenters. The van der Waals surface area contributed by atoms with Crippen LogP contribution in [0.4, 0.5) is 5.00 Å². The van der Waals surface area contributed by atoms with E-state index >= 15 is 0 Å². The van der Waals surface area contributed by atoms with E-state index in [1.807, 2.05) is 6.07 Å². The van der Waals surface area contributed by atoms with Crippen LogP contribution in [0.3, 0.4) is 0 Å². The molecule has 0 amide bonds. The maximum absolute atomic E-state index is 11.4. The minimum absolute atomic E-state index is 0.0606. The Labute approximate surface area is 137 Å². The topological polar surface area (TPSA) is 64.8 Å². The Kier molecular flexibility index (Phi) is 7.32. The second-order valence-corrected chi connectivity index (χ2v) is 7.12. The van der Waals surface area contributed by atoms with Gasteiger partial charge in [0, 0.05) is 18.0 Å². The highest BCUT2D eigenvalue weighted by molar-refractivity contribution is 7.16. The number of morpholine rings is 1. The first-order valence-corrected chi connectivity index (χ1v) is 8.37. The van der Waals surface area contributed by atoms with Crippen molar-refractivity contribution in [1.82, 2.24) is 4.90 Å². The quantitative estimate of drug-likeness (QED) is 0.864. The first kappa shape index (κ1) is 18.9. The third-order valence-corrected chi connectivity index (χ3v) is 5.28. The van der Waals surface area contributed by atoms with Crippen LogP contribution in [-0.4, -0.2) is 51.3 Å². The van der Waals surface area contributed by atoms with Crippen LogP contribution in [0.5, 0.6) is 0 Å². The zero-order chi connectivity index (χ0) is 16.8. The van der Waals surface area contributed by atoms with Gasteiger partial charge in [-0.05, 0) is 24.9 Å².